The highest BCUT2D eigenvalue weighted by Crippen LogP contribution is 2.34. The van der Waals surface area contributed by atoms with Crippen LogP contribution in [0, 0.1) is 6.92 Å². The third kappa shape index (κ3) is 7.71. The molecule has 1 heterocycles. The molecule has 0 atom stereocenters. The first-order chi connectivity index (χ1) is 18.9. The van der Waals surface area contributed by atoms with Crippen molar-refractivity contribution in [2.24, 2.45) is 0 Å². The lowest BCUT2D eigenvalue weighted by molar-refractivity contribution is 0.223. The van der Waals surface area contributed by atoms with Gasteiger partial charge in [-0.15, -0.1) is 0 Å². The zero-order valence-electron chi connectivity index (χ0n) is 24.0. The summed E-state index contributed by atoms with van der Waals surface area (Å²) in [6, 6.07) is 27.6. The fourth-order valence-electron chi connectivity index (χ4n) is 5.14. The Morgan fingerprint density at radius 3 is 2.10 bits per heavy atom. The second-order valence-corrected chi connectivity index (χ2v) is 10.9. The normalized spacial score (nSPS) is 11.4. The van der Waals surface area contributed by atoms with Crippen molar-refractivity contribution in [3.05, 3.63) is 117 Å². The maximum absolute atomic E-state index is 6.48. The van der Waals surface area contributed by atoms with E-state index in [1.54, 1.807) is 0 Å². The first-order valence-corrected chi connectivity index (χ1v) is 14.5. The number of pyridine rings is 1. The monoisotopic (exact) mass is 540 g/mol. The number of benzene rings is 3. The van der Waals surface area contributed by atoms with Gasteiger partial charge >= 0.3 is 0 Å². The third-order valence-corrected chi connectivity index (χ3v) is 7.42. The molecule has 0 saturated carbocycles. The maximum Gasteiger partial charge on any atom is 0.128 e. The predicted octanol–water partition coefficient (Wildman–Crippen LogP) is 8.87. The standard InChI is InChI=1S/C35H41ClN2O/c1-6-29-14-11-15-30(7-2)35(29)33-22-34(39-25(3)4)32(26(5)37-33)24-38(23-28-12-9-8-10-13-28)21-20-27-16-18-31(36)19-17-27/h8-19,22,25H,6-7,20-21,23-24H2,1-5H3. The molecule has 0 aliphatic heterocycles. The molecule has 4 aromatic rings. The molecule has 0 aliphatic rings. The molecule has 3 aromatic carbocycles. The second-order valence-electron chi connectivity index (χ2n) is 10.5. The average molecular weight is 541 g/mol. The van der Waals surface area contributed by atoms with Gasteiger partial charge in [0.1, 0.15) is 5.75 Å². The van der Waals surface area contributed by atoms with E-state index in [-0.39, 0.29) is 6.10 Å². The van der Waals surface area contributed by atoms with Crippen molar-refractivity contribution in [3.63, 3.8) is 0 Å². The SMILES string of the molecule is CCc1cccc(CC)c1-c1cc(OC(C)C)c(CN(CCc2ccc(Cl)cc2)Cc2ccccc2)c(C)n1. The van der Waals surface area contributed by atoms with Gasteiger partial charge in [-0.25, -0.2) is 0 Å². The minimum atomic E-state index is 0.0714. The van der Waals surface area contributed by atoms with Gasteiger partial charge in [0.15, 0.2) is 0 Å². The van der Waals surface area contributed by atoms with Crippen molar-refractivity contribution in [1.82, 2.24) is 9.88 Å². The van der Waals surface area contributed by atoms with E-state index in [9.17, 15) is 0 Å². The van der Waals surface area contributed by atoms with E-state index in [4.69, 9.17) is 21.3 Å². The summed E-state index contributed by atoms with van der Waals surface area (Å²) in [5.41, 5.74) is 9.70. The van der Waals surface area contributed by atoms with Crippen LogP contribution >= 0.6 is 11.6 Å². The molecule has 0 N–H and O–H groups in total. The van der Waals surface area contributed by atoms with Crippen LogP contribution < -0.4 is 4.74 Å². The number of aryl methyl sites for hydroxylation is 3. The summed E-state index contributed by atoms with van der Waals surface area (Å²) in [5.74, 6) is 0.935. The van der Waals surface area contributed by atoms with Gasteiger partial charge in [0.2, 0.25) is 0 Å². The molecule has 204 valence electrons. The molecule has 0 bridgehead atoms. The van der Waals surface area contributed by atoms with Crippen LogP contribution in [0.1, 0.15) is 61.2 Å². The molecule has 3 nitrogen and oxygen atoms in total. The molecule has 1 aromatic heterocycles. The lowest BCUT2D eigenvalue weighted by Crippen LogP contribution is -2.26. The van der Waals surface area contributed by atoms with E-state index >= 15 is 0 Å². The van der Waals surface area contributed by atoms with E-state index in [1.165, 1.54) is 27.8 Å². The highest BCUT2D eigenvalue weighted by atomic mass is 35.5. The summed E-state index contributed by atoms with van der Waals surface area (Å²) in [6.07, 6.45) is 2.96. The van der Waals surface area contributed by atoms with Crippen LogP contribution in [0.4, 0.5) is 0 Å². The highest BCUT2D eigenvalue weighted by Gasteiger charge is 2.19. The topological polar surface area (TPSA) is 25.4 Å². The van der Waals surface area contributed by atoms with E-state index in [0.717, 1.165) is 66.6 Å². The van der Waals surface area contributed by atoms with E-state index < -0.39 is 0 Å². The summed E-state index contributed by atoms with van der Waals surface area (Å²) in [5, 5.41) is 0.771. The van der Waals surface area contributed by atoms with Crippen LogP contribution in [-0.2, 0) is 32.4 Å². The summed E-state index contributed by atoms with van der Waals surface area (Å²) < 4.78 is 6.48. The van der Waals surface area contributed by atoms with Crippen molar-refractivity contribution >= 4 is 11.6 Å². The van der Waals surface area contributed by atoms with E-state index in [0.29, 0.717) is 0 Å². The molecule has 0 radical (unpaired) electrons. The molecule has 0 unspecified atom stereocenters. The molecular formula is C35H41ClN2O. The fourth-order valence-corrected chi connectivity index (χ4v) is 5.26. The zero-order chi connectivity index (χ0) is 27.8. The summed E-state index contributed by atoms with van der Waals surface area (Å²) >= 11 is 6.13. The number of ether oxygens (including phenoxy) is 1. The van der Waals surface area contributed by atoms with Gasteiger partial charge in [0.05, 0.1) is 11.8 Å². The smallest absolute Gasteiger partial charge is 0.128 e. The van der Waals surface area contributed by atoms with Crippen LogP contribution in [0.3, 0.4) is 0 Å². The van der Waals surface area contributed by atoms with Gasteiger partial charge in [-0.1, -0.05) is 86.1 Å². The highest BCUT2D eigenvalue weighted by molar-refractivity contribution is 6.30. The Kier molecular flexibility index (Phi) is 10.2. The van der Waals surface area contributed by atoms with Crippen molar-refractivity contribution in [3.8, 4) is 17.0 Å². The molecule has 4 heteroatoms. The largest absolute Gasteiger partial charge is 0.491 e. The number of nitrogens with zero attached hydrogens (tertiary/aromatic N) is 2. The number of hydrogen-bond acceptors (Lipinski definition) is 3. The number of rotatable bonds is 12. The Morgan fingerprint density at radius 2 is 1.49 bits per heavy atom. The molecule has 0 aliphatic carbocycles. The minimum absolute atomic E-state index is 0.0714. The number of halogens is 1. The Hall–Kier alpha value is -3.14. The van der Waals surface area contributed by atoms with Gasteiger partial charge in [0.25, 0.3) is 0 Å². The molecule has 0 spiro atoms. The average Bonchev–Trinajstić information content (AvgIpc) is 2.93. The van der Waals surface area contributed by atoms with Gasteiger partial charge in [0, 0.05) is 47.5 Å². The van der Waals surface area contributed by atoms with Gasteiger partial charge in [-0.2, -0.15) is 0 Å². The second kappa shape index (κ2) is 13.8. The lowest BCUT2D eigenvalue weighted by Gasteiger charge is -2.26. The maximum atomic E-state index is 6.48. The van der Waals surface area contributed by atoms with E-state index in [2.05, 4.69) is 106 Å². The quantitative estimate of drug-likeness (QED) is 0.179. The third-order valence-electron chi connectivity index (χ3n) is 7.17. The van der Waals surface area contributed by atoms with Crippen LogP contribution in [0.25, 0.3) is 11.3 Å². The van der Waals surface area contributed by atoms with Gasteiger partial charge in [-0.05, 0) is 74.4 Å². The molecule has 0 amide bonds. The van der Waals surface area contributed by atoms with Gasteiger partial charge < -0.3 is 4.74 Å². The van der Waals surface area contributed by atoms with Gasteiger partial charge in [-0.3, -0.25) is 9.88 Å². The fraction of sp³-hybridized carbons (Fsp3) is 0.343. The first-order valence-electron chi connectivity index (χ1n) is 14.2. The summed E-state index contributed by atoms with van der Waals surface area (Å²) in [4.78, 5) is 7.69. The van der Waals surface area contributed by atoms with E-state index in [1.807, 2.05) is 12.1 Å². The van der Waals surface area contributed by atoms with Crippen molar-refractivity contribution in [2.45, 2.75) is 73.1 Å². The van der Waals surface area contributed by atoms with Crippen molar-refractivity contribution in [1.29, 1.82) is 0 Å². The molecule has 0 saturated heterocycles. The van der Waals surface area contributed by atoms with Crippen molar-refractivity contribution in [2.75, 3.05) is 6.54 Å². The molecule has 4 rings (SSSR count). The Labute approximate surface area is 239 Å². The number of hydrogen-bond donors (Lipinski definition) is 0. The summed E-state index contributed by atoms with van der Waals surface area (Å²) in [6.45, 7) is 13.3. The predicted molar refractivity (Wildman–Crippen MR) is 165 cm³/mol. The summed E-state index contributed by atoms with van der Waals surface area (Å²) in [7, 11) is 0. The lowest BCUT2D eigenvalue weighted by atomic mass is 9.94. The molecule has 0 fully saturated rings. The van der Waals surface area contributed by atoms with Crippen LogP contribution in [-0.4, -0.2) is 22.5 Å². The Balaban J connectivity index is 1.71. The number of aromatic nitrogens is 1. The minimum Gasteiger partial charge on any atom is -0.491 e. The van der Waals surface area contributed by atoms with Crippen LogP contribution in [0.5, 0.6) is 5.75 Å². The van der Waals surface area contributed by atoms with Crippen molar-refractivity contribution < 1.29 is 4.74 Å². The Bertz CT molecular complexity index is 1330. The zero-order valence-corrected chi connectivity index (χ0v) is 24.8. The molecule has 39 heavy (non-hydrogen) atoms. The first kappa shape index (κ1) is 28.9. The molecular weight excluding hydrogens is 500 g/mol. The van der Waals surface area contributed by atoms with Crippen LogP contribution in [0.2, 0.25) is 5.02 Å². The van der Waals surface area contributed by atoms with Crippen LogP contribution in [0.15, 0.2) is 78.9 Å². The Morgan fingerprint density at radius 1 is 0.821 bits per heavy atom.